The molecule has 2 atom stereocenters. The van der Waals surface area contributed by atoms with Gasteiger partial charge >= 0.3 is 0 Å². The average molecular weight is 559 g/mol. The number of benzene rings is 2. The minimum absolute atomic E-state index is 0.00559. The molecule has 5 rings (SSSR count). The van der Waals surface area contributed by atoms with E-state index in [1.165, 1.54) is 19.2 Å². The summed E-state index contributed by atoms with van der Waals surface area (Å²) in [4.78, 5) is 30.1. The van der Waals surface area contributed by atoms with Gasteiger partial charge in [-0.2, -0.15) is 0 Å². The number of ketones is 1. The summed E-state index contributed by atoms with van der Waals surface area (Å²) >= 11 is 0. The summed E-state index contributed by atoms with van der Waals surface area (Å²) < 4.78 is 30.7. The standard InChI is InChI=1S/C32H31FN2O6/c1-31(30(34)37)18-40-29-23(31)17-28(35-24(29)11-7-19-5-4-6-21(33)15-19)32(2,38)14-13-25(36)20-8-12-26(27(16-20)39-3)41-22-9-10-22/h4-6,8,12,15-17,22,38H,9-10,13-14,18H2,1-3H3,(H2,34,37)/t31-,32-/m0/s1. The number of primary amides is 1. The fraction of sp³-hybridized carbons (Fsp3) is 0.344. The van der Waals surface area contributed by atoms with Crippen LogP contribution >= 0.6 is 0 Å². The Morgan fingerprint density at radius 2 is 1.98 bits per heavy atom. The molecule has 8 nitrogen and oxygen atoms in total. The van der Waals surface area contributed by atoms with Gasteiger partial charge in [0.25, 0.3) is 0 Å². The Hall–Kier alpha value is -4.42. The van der Waals surface area contributed by atoms with Gasteiger partial charge in [0, 0.05) is 23.1 Å². The highest BCUT2D eigenvalue weighted by Gasteiger charge is 2.44. The number of rotatable bonds is 9. The first kappa shape index (κ1) is 28.1. The van der Waals surface area contributed by atoms with Crippen LogP contribution in [0, 0.1) is 17.7 Å². The number of pyridine rings is 1. The molecule has 41 heavy (non-hydrogen) atoms. The van der Waals surface area contributed by atoms with Crippen molar-refractivity contribution >= 4 is 11.7 Å². The number of methoxy groups -OCH3 is 1. The first-order valence-electron chi connectivity index (χ1n) is 13.4. The predicted octanol–water partition coefficient (Wildman–Crippen LogP) is 4.18. The molecule has 0 radical (unpaired) electrons. The zero-order chi connectivity index (χ0) is 29.4. The van der Waals surface area contributed by atoms with Crippen LogP contribution in [0.5, 0.6) is 17.2 Å². The van der Waals surface area contributed by atoms with Crippen LogP contribution in [-0.2, 0) is 15.8 Å². The third kappa shape index (κ3) is 5.88. The topological polar surface area (TPSA) is 121 Å². The lowest BCUT2D eigenvalue weighted by molar-refractivity contribution is -0.123. The second kappa shape index (κ2) is 10.9. The molecule has 3 aromatic rings. The molecular weight excluding hydrogens is 527 g/mol. The molecule has 1 fully saturated rings. The van der Waals surface area contributed by atoms with Gasteiger partial charge in [-0.15, -0.1) is 0 Å². The Morgan fingerprint density at radius 3 is 2.66 bits per heavy atom. The molecule has 1 amide bonds. The minimum Gasteiger partial charge on any atom is -0.493 e. The van der Waals surface area contributed by atoms with Crippen LogP contribution < -0.4 is 19.9 Å². The second-order valence-corrected chi connectivity index (χ2v) is 10.9. The summed E-state index contributed by atoms with van der Waals surface area (Å²) in [5.74, 6) is 5.88. The molecule has 1 aromatic heterocycles. The van der Waals surface area contributed by atoms with Crippen molar-refractivity contribution in [3.63, 3.8) is 0 Å². The van der Waals surface area contributed by atoms with E-state index in [0.29, 0.717) is 28.2 Å². The summed E-state index contributed by atoms with van der Waals surface area (Å²) in [6.07, 6.45) is 2.22. The number of nitrogens with two attached hydrogens (primary N) is 1. The predicted molar refractivity (Wildman–Crippen MR) is 148 cm³/mol. The summed E-state index contributed by atoms with van der Waals surface area (Å²) in [6.45, 7) is 3.18. The number of carbonyl (C=O) groups is 2. The lowest BCUT2D eigenvalue weighted by Gasteiger charge is -2.25. The van der Waals surface area contributed by atoms with Crippen LogP contribution in [0.3, 0.4) is 0 Å². The maximum Gasteiger partial charge on any atom is 0.231 e. The zero-order valence-electron chi connectivity index (χ0n) is 23.1. The molecule has 0 unspecified atom stereocenters. The van der Waals surface area contributed by atoms with Gasteiger partial charge in [-0.1, -0.05) is 12.0 Å². The van der Waals surface area contributed by atoms with Crippen molar-refractivity contribution in [3.8, 4) is 29.1 Å². The van der Waals surface area contributed by atoms with Crippen molar-refractivity contribution in [1.29, 1.82) is 0 Å². The molecule has 212 valence electrons. The van der Waals surface area contributed by atoms with Gasteiger partial charge in [-0.3, -0.25) is 9.59 Å². The molecule has 2 heterocycles. The number of hydrogen-bond acceptors (Lipinski definition) is 7. The minimum atomic E-state index is -1.57. The van der Waals surface area contributed by atoms with Crippen molar-refractivity contribution in [2.75, 3.05) is 13.7 Å². The smallest absolute Gasteiger partial charge is 0.231 e. The van der Waals surface area contributed by atoms with Crippen molar-refractivity contribution in [2.45, 2.75) is 56.7 Å². The molecule has 0 spiro atoms. The molecular formula is C32H31FN2O6. The molecule has 1 aliphatic carbocycles. The van der Waals surface area contributed by atoms with E-state index in [2.05, 4.69) is 16.8 Å². The number of carbonyl (C=O) groups excluding carboxylic acids is 2. The van der Waals surface area contributed by atoms with Crippen molar-refractivity contribution in [3.05, 3.63) is 82.4 Å². The second-order valence-electron chi connectivity index (χ2n) is 10.9. The Bertz CT molecular complexity index is 1590. The number of aliphatic hydroxyl groups is 1. The summed E-state index contributed by atoms with van der Waals surface area (Å²) in [6, 6.07) is 12.4. The number of Topliss-reactive ketones (excluding diaryl/α,β-unsaturated/α-hetero) is 1. The van der Waals surface area contributed by atoms with Crippen LogP contribution in [0.15, 0.2) is 48.5 Å². The molecule has 1 aliphatic heterocycles. The quantitative estimate of drug-likeness (QED) is 0.299. The highest BCUT2D eigenvalue weighted by atomic mass is 19.1. The summed E-state index contributed by atoms with van der Waals surface area (Å²) in [5, 5.41) is 11.5. The Kier molecular flexibility index (Phi) is 7.45. The van der Waals surface area contributed by atoms with Crippen molar-refractivity contribution in [1.82, 2.24) is 4.98 Å². The van der Waals surface area contributed by atoms with Gasteiger partial charge in [0.2, 0.25) is 5.91 Å². The largest absolute Gasteiger partial charge is 0.493 e. The maximum absolute atomic E-state index is 13.7. The van der Waals surface area contributed by atoms with Gasteiger partial charge in [0.05, 0.1) is 18.9 Å². The van der Waals surface area contributed by atoms with Gasteiger partial charge in [0.1, 0.15) is 23.4 Å². The number of fused-ring (bicyclic) bond motifs is 1. The molecule has 3 N–H and O–H groups in total. The van der Waals surface area contributed by atoms with Crippen LogP contribution in [0.25, 0.3) is 0 Å². The number of nitrogens with zero attached hydrogens (tertiary/aromatic N) is 1. The van der Waals surface area contributed by atoms with Crippen molar-refractivity contribution in [2.24, 2.45) is 5.73 Å². The van der Waals surface area contributed by atoms with Crippen LogP contribution in [0.1, 0.15) is 72.4 Å². The van der Waals surface area contributed by atoms with Crippen LogP contribution in [-0.4, -0.2) is 41.6 Å². The number of aromatic nitrogens is 1. The summed E-state index contributed by atoms with van der Waals surface area (Å²) in [7, 11) is 1.52. The first-order valence-corrected chi connectivity index (χ1v) is 13.4. The highest BCUT2D eigenvalue weighted by molar-refractivity contribution is 5.96. The SMILES string of the molecule is COc1cc(C(=O)CC[C@](C)(O)c2cc3c(c(C#Cc4cccc(F)c4)n2)OC[C@]3(C)C(N)=O)ccc1OC1CC1. The fourth-order valence-corrected chi connectivity index (χ4v) is 4.58. The van der Waals surface area contributed by atoms with E-state index < -0.39 is 22.7 Å². The Morgan fingerprint density at radius 1 is 1.20 bits per heavy atom. The highest BCUT2D eigenvalue weighted by Crippen LogP contribution is 2.42. The van der Waals surface area contributed by atoms with E-state index in [-0.39, 0.29) is 48.5 Å². The molecule has 0 saturated heterocycles. The fourth-order valence-electron chi connectivity index (χ4n) is 4.58. The van der Waals surface area contributed by atoms with Gasteiger partial charge in [-0.05, 0) is 81.5 Å². The van der Waals surface area contributed by atoms with E-state index in [0.717, 1.165) is 12.8 Å². The first-order chi connectivity index (χ1) is 19.5. The van der Waals surface area contributed by atoms with Gasteiger partial charge in [0.15, 0.2) is 28.7 Å². The molecule has 2 aliphatic rings. The zero-order valence-corrected chi connectivity index (χ0v) is 23.1. The lowest BCUT2D eigenvalue weighted by Crippen LogP contribution is -2.40. The normalized spacial score (nSPS) is 18.8. The van der Waals surface area contributed by atoms with E-state index in [1.807, 2.05) is 0 Å². The molecule has 2 aromatic carbocycles. The molecule has 9 heteroatoms. The van der Waals surface area contributed by atoms with E-state index in [9.17, 15) is 19.1 Å². The van der Waals surface area contributed by atoms with E-state index in [4.69, 9.17) is 19.9 Å². The van der Waals surface area contributed by atoms with Crippen molar-refractivity contribution < 1.29 is 33.3 Å². The lowest BCUT2D eigenvalue weighted by atomic mass is 9.82. The third-order valence-electron chi connectivity index (χ3n) is 7.46. The number of hydrogen-bond donors (Lipinski definition) is 2. The monoisotopic (exact) mass is 558 g/mol. The molecule has 0 bridgehead atoms. The molecule has 1 saturated carbocycles. The van der Waals surface area contributed by atoms with Crippen LogP contribution in [0.4, 0.5) is 4.39 Å². The van der Waals surface area contributed by atoms with Gasteiger partial charge < -0.3 is 25.1 Å². The number of halogens is 1. The Balaban J connectivity index is 1.43. The summed E-state index contributed by atoms with van der Waals surface area (Å²) in [5.41, 5.74) is 4.66. The maximum atomic E-state index is 13.7. The third-order valence-corrected chi connectivity index (χ3v) is 7.46. The van der Waals surface area contributed by atoms with Gasteiger partial charge in [-0.25, -0.2) is 9.37 Å². The van der Waals surface area contributed by atoms with E-state index in [1.54, 1.807) is 50.2 Å². The van der Waals surface area contributed by atoms with E-state index >= 15 is 0 Å². The van der Waals surface area contributed by atoms with Crippen LogP contribution in [0.2, 0.25) is 0 Å². The average Bonchev–Trinajstić information content (AvgIpc) is 3.70. The Labute approximate surface area is 237 Å². The number of amides is 1. The number of ether oxygens (including phenoxy) is 3.